The predicted octanol–water partition coefficient (Wildman–Crippen LogP) is 2.76. The maximum atomic E-state index is 12.2. The van der Waals surface area contributed by atoms with E-state index in [1.807, 2.05) is 18.5 Å². The van der Waals surface area contributed by atoms with Gasteiger partial charge in [0.15, 0.2) is 15.5 Å². The van der Waals surface area contributed by atoms with Crippen LogP contribution >= 0.6 is 0 Å². The fraction of sp³-hybridized carbons (Fsp3) is 0.444. The van der Waals surface area contributed by atoms with E-state index in [-0.39, 0.29) is 16.9 Å². The molecule has 1 atom stereocenters. The Morgan fingerprint density at radius 3 is 2.96 bits per heavy atom. The van der Waals surface area contributed by atoms with Crippen molar-refractivity contribution >= 4 is 37.5 Å². The molecule has 4 rings (SSSR count). The Hall–Kier alpha value is -2.15. The molecule has 0 saturated carbocycles. The normalized spacial score (nSPS) is 18.7. The number of H-pyrrole nitrogens is 1. The topological polar surface area (TPSA) is 79.0 Å². The van der Waals surface area contributed by atoms with Crippen LogP contribution in [0.3, 0.4) is 0 Å². The van der Waals surface area contributed by atoms with Crippen LogP contribution < -0.4 is 4.90 Å². The zero-order chi connectivity index (χ0) is 17.6. The molecule has 25 heavy (non-hydrogen) atoms. The molecule has 132 valence electrons. The molecule has 1 N–H and O–H groups in total. The van der Waals surface area contributed by atoms with E-state index in [1.165, 1.54) is 0 Å². The van der Waals surface area contributed by atoms with Crippen LogP contribution in [0.15, 0.2) is 30.7 Å². The molecule has 4 heterocycles. The molecule has 6 nitrogen and oxygen atoms in total. The van der Waals surface area contributed by atoms with Crippen molar-refractivity contribution in [1.82, 2.24) is 15.0 Å². The first-order valence-corrected chi connectivity index (χ1v) is 10.3. The summed E-state index contributed by atoms with van der Waals surface area (Å²) in [6, 6.07) is 4.05. The smallest absolute Gasteiger partial charge is 0.159 e. The number of sulfone groups is 1. The Labute approximate surface area is 147 Å². The lowest BCUT2D eigenvalue weighted by atomic mass is 10.1. The summed E-state index contributed by atoms with van der Waals surface area (Å²) in [5.74, 6) is 0.453. The van der Waals surface area contributed by atoms with Gasteiger partial charge in [-0.25, -0.2) is 18.4 Å². The molecule has 1 aliphatic rings. The van der Waals surface area contributed by atoms with Crippen LogP contribution in [0.4, 0.5) is 5.69 Å². The second kappa shape index (κ2) is 5.98. The Balaban J connectivity index is 1.68. The van der Waals surface area contributed by atoms with Crippen molar-refractivity contribution in [3.05, 3.63) is 30.7 Å². The Morgan fingerprint density at radius 1 is 1.32 bits per heavy atom. The molecular formula is C18H22N4O2S. The number of aromatic amines is 1. The molecule has 3 aromatic heterocycles. The minimum Gasteiger partial charge on any atom is -0.371 e. The van der Waals surface area contributed by atoms with Crippen molar-refractivity contribution in [2.24, 2.45) is 5.92 Å². The van der Waals surface area contributed by atoms with Gasteiger partial charge in [-0.1, -0.05) is 0 Å². The molecule has 7 heteroatoms. The summed E-state index contributed by atoms with van der Waals surface area (Å²) in [7, 11) is -3.01. The number of rotatable bonds is 4. The van der Waals surface area contributed by atoms with Gasteiger partial charge in [-0.2, -0.15) is 0 Å². The highest BCUT2D eigenvalue weighted by molar-refractivity contribution is 7.91. The molecule has 0 radical (unpaired) electrons. The maximum absolute atomic E-state index is 12.2. The Kier molecular flexibility index (Phi) is 3.91. The van der Waals surface area contributed by atoms with Crippen LogP contribution in [0.1, 0.15) is 20.3 Å². The number of aromatic nitrogens is 3. The number of nitrogens with zero attached hydrogens (tertiary/aromatic N) is 3. The highest BCUT2D eigenvalue weighted by Gasteiger charge is 2.29. The third kappa shape index (κ3) is 2.86. The molecule has 0 spiro atoms. The van der Waals surface area contributed by atoms with Crippen LogP contribution in [0.25, 0.3) is 21.9 Å². The Bertz CT molecular complexity index is 1030. The van der Waals surface area contributed by atoms with Crippen molar-refractivity contribution in [3.63, 3.8) is 0 Å². The van der Waals surface area contributed by atoms with Gasteiger partial charge in [0, 0.05) is 41.9 Å². The monoisotopic (exact) mass is 358 g/mol. The van der Waals surface area contributed by atoms with Crippen molar-refractivity contribution in [2.45, 2.75) is 25.5 Å². The van der Waals surface area contributed by atoms with Gasteiger partial charge in [0.25, 0.3) is 0 Å². The van der Waals surface area contributed by atoms with Crippen molar-refractivity contribution < 1.29 is 8.42 Å². The average molecular weight is 358 g/mol. The number of fused-ring (bicyclic) bond motifs is 3. The van der Waals surface area contributed by atoms with Gasteiger partial charge in [-0.3, -0.25) is 0 Å². The first-order chi connectivity index (χ1) is 12.0. The molecule has 0 aliphatic carbocycles. The van der Waals surface area contributed by atoms with E-state index in [0.717, 1.165) is 47.1 Å². The van der Waals surface area contributed by atoms with Crippen molar-refractivity contribution in [3.8, 4) is 0 Å². The van der Waals surface area contributed by atoms with E-state index in [9.17, 15) is 8.42 Å². The zero-order valence-corrected chi connectivity index (χ0v) is 15.3. The summed E-state index contributed by atoms with van der Waals surface area (Å²) in [5.41, 5.74) is 2.83. The van der Waals surface area contributed by atoms with Gasteiger partial charge < -0.3 is 9.88 Å². The lowest BCUT2D eigenvalue weighted by Gasteiger charge is -2.21. The minimum atomic E-state index is -3.01. The average Bonchev–Trinajstić information content (AvgIpc) is 3.22. The zero-order valence-electron chi connectivity index (χ0n) is 14.4. The van der Waals surface area contributed by atoms with E-state index < -0.39 is 9.84 Å². The third-order valence-corrected chi connectivity index (χ3v) is 7.45. The number of hydrogen-bond acceptors (Lipinski definition) is 5. The second-order valence-electron chi connectivity index (χ2n) is 7.07. The van der Waals surface area contributed by atoms with Gasteiger partial charge in [0.1, 0.15) is 0 Å². The fourth-order valence-electron chi connectivity index (χ4n) is 3.61. The van der Waals surface area contributed by atoms with Crippen molar-refractivity contribution in [2.75, 3.05) is 23.7 Å². The second-order valence-corrected chi connectivity index (χ2v) is 9.67. The van der Waals surface area contributed by atoms with E-state index in [4.69, 9.17) is 0 Å². The quantitative estimate of drug-likeness (QED) is 0.776. The first-order valence-electron chi connectivity index (χ1n) is 8.63. The molecule has 1 aliphatic heterocycles. The summed E-state index contributed by atoms with van der Waals surface area (Å²) in [5, 5.41) is 1.83. The SMILES string of the molecule is CC(C)S(=O)(=O)CC1CCN(c2cc[nH]c3cnc4nccc4c23)C1. The summed E-state index contributed by atoms with van der Waals surface area (Å²) in [6.07, 6.45) is 6.40. The summed E-state index contributed by atoms with van der Waals surface area (Å²) < 4.78 is 24.5. The van der Waals surface area contributed by atoms with Crippen LogP contribution in [-0.4, -0.2) is 47.5 Å². The number of pyridine rings is 2. The number of hydrogen-bond donors (Lipinski definition) is 1. The van der Waals surface area contributed by atoms with Gasteiger partial charge in [-0.15, -0.1) is 0 Å². The van der Waals surface area contributed by atoms with E-state index in [0.29, 0.717) is 0 Å². The molecule has 0 bridgehead atoms. The first kappa shape index (κ1) is 16.3. The van der Waals surface area contributed by atoms with Gasteiger partial charge in [0.05, 0.1) is 22.7 Å². The third-order valence-electron chi connectivity index (χ3n) is 5.08. The van der Waals surface area contributed by atoms with Crippen LogP contribution in [0.5, 0.6) is 0 Å². The van der Waals surface area contributed by atoms with Crippen LogP contribution in [0, 0.1) is 5.92 Å². The fourth-order valence-corrected chi connectivity index (χ4v) is 4.92. The molecule has 0 aromatic carbocycles. The summed E-state index contributed by atoms with van der Waals surface area (Å²) >= 11 is 0. The van der Waals surface area contributed by atoms with Crippen molar-refractivity contribution in [1.29, 1.82) is 0 Å². The predicted molar refractivity (Wildman–Crippen MR) is 101 cm³/mol. The van der Waals surface area contributed by atoms with E-state index in [1.54, 1.807) is 20.0 Å². The lowest BCUT2D eigenvalue weighted by Crippen LogP contribution is -2.26. The number of nitrogens with one attached hydrogen (secondary N) is 1. The van der Waals surface area contributed by atoms with E-state index >= 15 is 0 Å². The lowest BCUT2D eigenvalue weighted by molar-refractivity contribution is 0.564. The largest absolute Gasteiger partial charge is 0.371 e. The molecule has 1 fully saturated rings. The standard InChI is InChI=1S/C18H22N4O2S/c1-12(2)25(23,24)11-13-5-8-22(10-13)16-4-7-19-15-9-21-18-14(17(15)16)3-6-20-18/h3-4,6-7,9,12-13,19H,5,8,10-11H2,1-2H3. The minimum absolute atomic E-state index is 0.182. The summed E-state index contributed by atoms with van der Waals surface area (Å²) in [6.45, 7) is 5.15. The van der Waals surface area contributed by atoms with Gasteiger partial charge >= 0.3 is 0 Å². The van der Waals surface area contributed by atoms with Crippen LogP contribution in [0.2, 0.25) is 0 Å². The van der Waals surface area contributed by atoms with Gasteiger partial charge in [-0.05, 0) is 38.3 Å². The highest BCUT2D eigenvalue weighted by Crippen LogP contribution is 2.34. The Morgan fingerprint density at radius 2 is 2.16 bits per heavy atom. The number of anilines is 1. The molecular weight excluding hydrogens is 336 g/mol. The van der Waals surface area contributed by atoms with Crippen LogP contribution in [-0.2, 0) is 9.84 Å². The molecule has 1 unspecified atom stereocenters. The molecule has 1 saturated heterocycles. The summed E-state index contributed by atoms with van der Waals surface area (Å²) in [4.78, 5) is 14.2. The molecule has 3 aromatic rings. The molecule has 0 amide bonds. The van der Waals surface area contributed by atoms with E-state index in [2.05, 4.69) is 25.9 Å². The van der Waals surface area contributed by atoms with Gasteiger partial charge in [0.2, 0.25) is 0 Å². The maximum Gasteiger partial charge on any atom is 0.159 e. The highest BCUT2D eigenvalue weighted by atomic mass is 32.2.